The molecule has 0 fully saturated rings. The summed E-state index contributed by atoms with van der Waals surface area (Å²) in [5.74, 6) is -0.0743. The number of aliphatic hydroxyl groups is 1. The van der Waals surface area contributed by atoms with Crippen LogP contribution in [0.25, 0.3) is 0 Å². The van der Waals surface area contributed by atoms with Crippen LogP contribution in [0.4, 0.5) is 11.4 Å². The van der Waals surface area contributed by atoms with Gasteiger partial charge in [0, 0.05) is 23.5 Å². The van der Waals surface area contributed by atoms with Gasteiger partial charge in [0.25, 0.3) is 0 Å². The van der Waals surface area contributed by atoms with E-state index in [1.165, 1.54) is 6.92 Å². The van der Waals surface area contributed by atoms with E-state index in [4.69, 9.17) is 5.73 Å². The minimum absolute atomic E-state index is 0.0743. The molecule has 2 aromatic carbocycles. The zero-order valence-corrected chi connectivity index (χ0v) is 11.3. The number of aliphatic hydroxyl groups excluding tert-OH is 1. The normalized spacial score (nSPS) is 11.9. The summed E-state index contributed by atoms with van der Waals surface area (Å²) in [6, 6.07) is 14.6. The maximum Gasteiger partial charge on any atom is 0.161 e. The van der Waals surface area contributed by atoms with Crippen molar-refractivity contribution in [2.45, 2.75) is 13.0 Å². The highest BCUT2D eigenvalue weighted by molar-refractivity contribution is 6.00. The number of Topliss-reactive ketones (excluding diaryl/α,β-unsaturated/α-hetero) is 1. The molecule has 104 valence electrons. The van der Waals surface area contributed by atoms with Gasteiger partial charge in [-0.15, -0.1) is 0 Å². The van der Waals surface area contributed by atoms with Crippen molar-refractivity contribution < 1.29 is 9.90 Å². The second-order valence-electron chi connectivity index (χ2n) is 4.67. The van der Waals surface area contributed by atoms with Crippen LogP contribution in [0, 0.1) is 0 Å². The fourth-order valence-electron chi connectivity index (χ4n) is 1.98. The summed E-state index contributed by atoms with van der Waals surface area (Å²) in [5.41, 5.74) is 8.31. The first-order valence-corrected chi connectivity index (χ1v) is 6.45. The van der Waals surface area contributed by atoms with E-state index < -0.39 is 6.10 Å². The Balaban J connectivity index is 2.04. The molecule has 1 unspecified atom stereocenters. The molecule has 0 spiro atoms. The minimum atomic E-state index is -0.602. The van der Waals surface area contributed by atoms with Gasteiger partial charge in [-0.1, -0.05) is 30.3 Å². The van der Waals surface area contributed by atoms with Crippen molar-refractivity contribution in [2.24, 2.45) is 0 Å². The van der Waals surface area contributed by atoms with Crippen LogP contribution < -0.4 is 11.1 Å². The largest absolute Gasteiger partial charge is 0.398 e. The Bertz CT molecular complexity index is 597. The molecule has 4 nitrogen and oxygen atoms in total. The average Bonchev–Trinajstić information content (AvgIpc) is 2.46. The molecule has 0 aliphatic rings. The fraction of sp³-hybridized carbons (Fsp3) is 0.188. The summed E-state index contributed by atoms with van der Waals surface area (Å²) in [7, 11) is 0. The minimum Gasteiger partial charge on any atom is -0.398 e. The molecular formula is C16H18N2O2. The van der Waals surface area contributed by atoms with E-state index in [1.54, 1.807) is 18.2 Å². The molecule has 0 aromatic heterocycles. The standard InChI is InChI=1S/C16H18N2O2/c1-11(19)14-9-13(7-8-15(14)17)18-10-16(20)12-5-3-2-4-6-12/h2-9,16,18,20H,10,17H2,1H3. The van der Waals surface area contributed by atoms with Gasteiger partial charge in [0.2, 0.25) is 0 Å². The number of nitrogen functional groups attached to an aromatic ring is 1. The van der Waals surface area contributed by atoms with Crippen LogP contribution in [0.15, 0.2) is 48.5 Å². The topological polar surface area (TPSA) is 75.3 Å². The van der Waals surface area contributed by atoms with Gasteiger partial charge in [0.05, 0.1) is 6.10 Å². The number of nitrogens with two attached hydrogens (primary N) is 1. The molecular weight excluding hydrogens is 252 g/mol. The lowest BCUT2D eigenvalue weighted by Crippen LogP contribution is -2.12. The Morgan fingerprint density at radius 3 is 2.60 bits per heavy atom. The number of hydrogen-bond acceptors (Lipinski definition) is 4. The maximum absolute atomic E-state index is 11.4. The van der Waals surface area contributed by atoms with Crippen LogP contribution in [-0.4, -0.2) is 17.4 Å². The number of ketones is 1. The quantitative estimate of drug-likeness (QED) is 0.576. The summed E-state index contributed by atoms with van der Waals surface area (Å²) in [5, 5.41) is 13.2. The highest BCUT2D eigenvalue weighted by atomic mass is 16.3. The molecule has 0 bridgehead atoms. The third-order valence-electron chi connectivity index (χ3n) is 3.12. The van der Waals surface area contributed by atoms with E-state index >= 15 is 0 Å². The predicted molar refractivity (Wildman–Crippen MR) is 80.8 cm³/mol. The molecule has 2 rings (SSSR count). The van der Waals surface area contributed by atoms with Gasteiger partial charge in [-0.2, -0.15) is 0 Å². The van der Waals surface area contributed by atoms with E-state index in [1.807, 2.05) is 30.3 Å². The lowest BCUT2D eigenvalue weighted by atomic mass is 10.1. The Hall–Kier alpha value is -2.33. The van der Waals surface area contributed by atoms with E-state index in [2.05, 4.69) is 5.32 Å². The summed E-state index contributed by atoms with van der Waals surface area (Å²) in [6.07, 6.45) is -0.602. The number of nitrogens with one attached hydrogen (secondary N) is 1. The smallest absolute Gasteiger partial charge is 0.161 e. The zero-order chi connectivity index (χ0) is 14.5. The van der Waals surface area contributed by atoms with Crippen molar-refractivity contribution in [3.05, 3.63) is 59.7 Å². The van der Waals surface area contributed by atoms with Crippen LogP contribution in [0.3, 0.4) is 0 Å². The van der Waals surface area contributed by atoms with Crippen molar-refractivity contribution in [1.82, 2.24) is 0 Å². The maximum atomic E-state index is 11.4. The summed E-state index contributed by atoms with van der Waals surface area (Å²) < 4.78 is 0. The van der Waals surface area contributed by atoms with Gasteiger partial charge in [0.15, 0.2) is 5.78 Å². The van der Waals surface area contributed by atoms with Crippen LogP contribution in [0.1, 0.15) is 28.9 Å². The second-order valence-corrected chi connectivity index (χ2v) is 4.67. The molecule has 0 saturated carbocycles. The van der Waals surface area contributed by atoms with Crippen molar-refractivity contribution in [3.8, 4) is 0 Å². The summed E-state index contributed by atoms with van der Waals surface area (Å²) >= 11 is 0. The van der Waals surface area contributed by atoms with Crippen molar-refractivity contribution in [2.75, 3.05) is 17.6 Å². The van der Waals surface area contributed by atoms with Gasteiger partial charge < -0.3 is 16.2 Å². The van der Waals surface area contributed by atoms with Crippen LogP contribution >= 0.6 is 0 Å². The van der Waals surface area contributed by atoms with Gasteiger partial charge in [0.1, 0.15) is 0 Å². The Morgan fingerprint density at radius 1 is 1.25 bits per heavy atom. The summed E-state index contributed by atoms with van der Waals surface area (Å²) in [6.45, 7) is 1.85. The third kappa shape index (κ3) is 3.36. The average molecular weight is 270 g/mol. The van der Waals surface area contributed by atoms with E-state index in [0.29, 0.717) is 17.8 Å². The van der Waals surface area contributed by atoms with Crippen molar-refractivity contribution in [3.63, 3.8) is 0 Å². The first-order valence-electron chi connectivity index (χ1n) is 6.45. The number of carbonyl (C=O) groups excluding carboxylic acids is 1. The van der Waals surface area contributed by atoms with Gasteiger partial charge in [-0.3, -0.25) is 4.79 Å². The highest BCUT2D eigenvalue weighted by Crippen LogP contribution is 2.20. The highest BCUT2D eigenvalue weighted by Gasteiger charge is 2.09. The van der Waals surface area contributed by atoms with Gasteiger partial charge in [-0.05, 0) is 30.7 Å². The SMILES string of the molecule is CC(=O)c1cc(NCC(O)c2ccccc2)ccc1N. The number of benzene rings is 2. The van der Waals surface area contributed by atoms with Gasteiger partial charge >= 0.3 is 0 Å². The monoisotopic (exact) mass is 270 g/mol. The fourth-order valence-corrected chi connectivity index (χ4v) is 1.98. The van der Waals surface area contributed by atoms with E-state index in [9.17, 15) is 9.90 Å². The van der Waals surface area contributed by atoms with Crippen LogP contribution in [0.2, 0.25) is 0 Å². The molecule has 0 aliphatic heterocycles. The number of hydrogen-bond donors (Lipinski definition) is 3. The molecule has 1 atom stereocenters. The predicted octanol–water partition coefficient (Wildman–Crippen LogP) is 2.62. The summed E-state index contributed by atoms with van der Waals surface area (Å²) in [4.78, 5) is 11.4. The molecule has 0 aliphatic carbocycles. The molecule has 0 radical (unpaired) electrons. The molecule has 4 heteroatoms. The van der Waals surface area contributed by atoms with Gasteiger partial charge in [-0.25, -0.2) is 0 Å². The molecule has 4 N–H and O–H groups in total. The van der Waals surface area contributed by atoms with Crippen molar-refractivity contribution in [1.29, 1.82) is 0 Å². The molecule has 2 aromatic rings. The van der Waals surface area contributed by atoms with Crippen molar-refractivity contribution >= 4 is 17.2 Å². The molecule has 20 heavy (non-hydrogen) atoms. The zero-order valence-electron chi connectivity index (χ0n) is 11.3. The second kappa shape index (κ2) is 6.21. The first kappa shape index (κ1) is 14.1. The Kier molecular flexibility index (Phi) is 4.38. The molecule has 0 saturated heterocycles. The molecule has 0 heterocycles. The third-order valence-corrected chi connectivity index (χ3v) is 3.12. The lowest BCUT2D eigenvalue weighted by Gasteiger charge is -2.14. The van der Waals surface area contributed by atoms with E-state index in [-0.39, 0.29) is 5.78 Å². The Morgan fingerprint density at radius 2 is 1.95 bits per heavy atom. The van der Waals surface area contributed by atoms with Crippen LogP contribution in [-0.2, 0) is 0 Å². The number of rotatable bonds is 5. The molecule has 0 amide bonds. The first-order chi connectivity index (χ1) is 9.58. The number of carbonyl (C=O) groups is 1. The van der Waals surface area contributed by atoms with Crippen LogP contribution in [0.5, 0.6) is 0 Å². The Labute approximate surface area is 118 Å². The number of anilines is 2. The lowest BCUT2D eigenvalue weighted by molar-refractivity contribution is 0.101. The van der Waals surface area contributed by atoms with E-state index in [0.717, 1.165) is 11.3 Å².